The maximum atomic E-state index is 10.7. The summed E-state index contributed by atoms with van der Waals surface area (Å²) in [7, 11) is 0. The van der Waals surface area contributed by atoms with Crippen molar-refractivity contribution < 1.29 is 0 Å². The standard InChI is InChI=1S/C50H29N5/c51-30-32-28-35(53-44-18-8-4-14-39(44)40-15-5-9-19-45(40)53)22-24-37(32)38-25-23-36(29-33(38)31-52)54-47-21-11-7-17-43(47)49-48(54)27-26-42-41-16-6-10-20-46(41)55(50(42)49)34-12-2-1-3-13-34/h1-29H. The number of benzene rings is 8. The van der Waals surface area contributed by atoms with Crippen molar-refractivity contribution in [2.75, 3.05) is 0 Å². The molecule has 0 aliphatic rings. The number of nitrogens with zero attached hydrogens (tertiary/aromatic N) is 5. The summed E-state index contributed by atoms with van der Waals surface area (Å²) in [5, 5.41) is 28.2. The number of fused-ring (bicyclic) bond motifs is 10. The monoisotopic (exact) mass is 699 g/mol. The number of para-hydroxylation sites is 5. The minimum Gasteiger partial charge on any atom is -0.309 e. The van der Waals surface area contributed by atoms with E-state index in [1.807, 2.05) is 42.5 Å². The molecule has 0 aliphatic heterocycles. The molecule has 55 heavy (non-hydrogen) atoms. The Balaban J connectivity index is 1.11. The molecule has 8 aromatic carbocycles. The normalized spacial score (nSPS) is 11.6. The van der Waals surface area contributed by atoms with Crippen LogP contribution in [0.25, 0.3) is 93.6 Å². The Hall–Kier alpha value is -7.86. The van der Waals surface area contributed by atoms with Crippen molar-refractivity contribution in [2.24, 2.45) is 0 Å². The molecule has 0 unspecified atom stereocenters. The fourth-order valence-corrected chi connectivity index (χ4v) is 8.83. The SMILES string of the molecule is N#Cc1cc(-n2c3ccccc3c3ccccc32)ccc1-c1ccc(-n2c3ccccc3c3c2ccc2c4ccccc4n(-c4ccccc4)c23)cc1C#N. The lowest BCUT2D eigenvalue weighted by Crippen LogP contribution is -1.98. The molecule has 0 spiro atoms. The van der Waals surface area contributed by atoms with Gasteiger partial charge in [0.05, 0.1) is 56.4 Å². The van der Waals surface area contributed by atoms with Crippen LogP contribution in [0.2, 0.25) is 0 Å². The lowest BCUT2D eigenvalue weighted by molar-refractivity contribution is 1.17. The molecular weight excluding hydrogens is 671 g/mol. The molecule has 0 N–H and O–H groups in total. The molecule has 0 aliphatic carbocycles. The van der Waals surface area contributed by atoms with Gasteiger partial charge in [-0.15, -0.1) is 0 Å². The molecular formula is C50H29N5. The van der Waals surface area contributed by atoms with Gasteiger partial charge in [-0.3, -0.25) is 0 Å². The maximum Gasteiger partial charge on any atom is 0.0998 e. The second-order valence-electron chi connectivity index (χ2n) is 13.9. The Bertz CT molecular complexity index is 3400. The van der Waals surface area contributed by atoms with Crippen LogP contribution in [0.5, 0.6) is 0 Å². The van der Waals surface area contributed by atoms with Gasteiger partial charge in [-0.25, -0.2) is 0 Å². The van der Waals surface area contributed by atoms with E-state index in [0.717, 1.165) is 82.8 Å². The highest BCUT2D eigenvalue weighted by Crippen LogP contribution is 2.42. The van der Waals surface area contributed by atoms with E-state index in [1.165, 1.54) is 10.8 Å². The lowest BCUT2D eigenvalue weighted by Gasteiger charge is -2.14. The summed E-state index contributed by atoms with van der Waals surface area (Å²) in [5.74, 6) is 0. The number of aromatic nitrogens is 3. The molecule has 11 rings (SSSR count). The highest BCUT2D eigenvalue weighted by Gasteiger charge is 2.22. The summed E-state index contributed by atoms with van der Waals surface area (Å²) < 4.78 is 6.85. The van der Waals surface area contributed by atoms with Crippen molar-refractivity contribution in [1.82, 2.24) is 13.7 Å². The molecule has 0 radical (unpaired) electrons. The predicted octanol–water partition coefficient (Wildman–Crippen LogP) is 12.4. The summed E-state index contributed by atoms with van der Waals surface area (Å²) in [6.45, 7) is 0. The first-order valence-corrected chi connectivity index (χ1v) is 18.3. The molecule has 254 valence electrons. The van der Waals surface area contributed by atoms with Gasteiger partial charge in [0.15, 0.2) is 0 Å². The Labute approximate surface area is 316 Å². The number of nitriles is 2. The molecule has 3 aromatic heterocycles. The average Bonchev–Trinajstić information content (AvgIpc) is 3.89. The van der Waals surface area contributed by atoms with E-state index in [9.17, 15) is 10.5 Å². The second-order valence-corrected chi connectivity index (χ2v) is 13.9. The van der Waals surface area contributed by atoms with Crippen molar-refractivity contribution in [3.05, 3.63) is 187 Å². The van der Waals surface area contributed by atoms with Crippen molar-refractivity contribution in [1.29, 1.82) is 10.5 Å². The van der Waals surface area contributed by atoms with Crippen LogP contribution in [0.4, 0.5) is 0 Å². The van der Waals surface area contributed by atoms with Gasteiger partial charge in [-0.05, 0) is 66.7 Å². The Morgan fingerprint density at radius 3 is 1.31 bits per heavy atom. The fraction of sp³-hybridized carbons (Fsp3) is 0. The fourth-order valence-electron chi connectivity index (χ4n) is 8.83. The van der Waals surface area contributed by atoms with Crippen molar-refractivity contribution >= 4 is 65.4 Å². The highest BCUT2D eigenvalue weighted by molar-refractivity contribution is 6.26. The van der Waals surface area contributed by atoms with Crippen molar-refractivity contribution in [3.8, 4) is 40.3 Å². The van der Waals surface area contributed by atoms with Gasteiger partial charge >= 0.3 is 0 Å². The lowest BCUT2D eigenvalue weighted by atomic mass is 9.95. The molecule has 0 saturated carbocycles. The van der Waals surface area contributed by atoms with Crippen molar-refractivity contribution in [3.63, 3.8) is 0 Å². The smallest absolute Gasteiger partial charge is 0.0998 e. The molecule has 0 fully saturated rings. The first-order valence-electron chi connectivity index (χ1n) is 18.3. The third-order valence-electron chi connectivity index (χ3n) is 11.1. The maximum absolute atomic E-state index is 10.7. The molecule has 11 aromatic rings. The third kappa shape index (κ3) is 4.39. The Morgan fingerprint density at radius 1 is 0.327 bits per heavy atom. The molecule has 0 atom stereocenters. The van der Waals surface area contributed by atoms with Gasteiger partial charge < -0.3 is 13.7 Å². The van der Waals surface area contributed by atoms with Crippen LogP contribution in [0.3, 0.4) is 0 Å². The van der Waals surface area contributed by atoms with E-state index in [0.29, 0.717) is 11.1 Å². The number of hydrogen-bond donors (Lipinski definition) is 0. The largest absolute Gasteiger partial charge is 0.309 e. The van der Waals surface area contributed by atoms with Gasteiger partial charge in [-0.2, -0.15) is 10.5 Å². The van der Waals surface area contributed by atoms with Crippen LogP contribution < -0.4 is 0 Å². The summed E-state index contributed by atoms with van der Waals surface area (Å²) in [4.78, 5) is 0. The van der Waals surface area contributed by atoms with Crippen LogP contribution in [0.1, 0.15) is 11.1 Å². The van der Waals surface area contributed by atoms with Crippen LogP contribution >= 0.6 is 0 Å². The van der Waals surface area contributed by atoms with Gasteiger partial charge in [-0.1, -0.05) is 109 Å². The molecule has 0 amide bonds. The second kappa shape index (κ2) is 11.8. The van der Waals surface area contributed by atoms with E-state index in [-0.39, 0.29) is 0 Å². The molecule has 5 nitrogen and oxygen atoms in total. The van der Waals surface area contributed by atoms with Crippen LogP contribution in [-0.4, -0.2) is 13.7 Å². The first-order chi connectivity index (χ1) is 27.2. The van der Waals surface area contributed by atoms with Gasteiger partial charge in [0.2, 0.25) is 0 Å². The number of rotatable bonds is 4. The van der Waals surface area contributed by atoms with E-state index in [4.69, 9.17) is 0 Å². The minimum absolute atomic E-state index is 0.504. The van der Waals surface area contributed by atoms with Crippen LogP contribution in [-0.2, 0) is 0 Å². The summed E-state index contributed by atoms with van der Waals surface area (Å²) >= 11 is 0. The van der Waals surface area contributed by atoms with E-state index in [1.54, 1.807) is 0 Å². The van der Waals surface area contributed by atoms with Crippen molar-refractivity contribution in [2.45, 2.75) is 0 Å². The Morgan fingerprint density at radius 2 is 0.764 bits per heavy atom. The third-order valence-corrected chi connectivity index (χ3v) is 11.1. The average molecular weight is 700 g/mol. The van der Waals surface area contributed by atoms with Gasteiger partial charge in [0.25, 0.3) is 0 Å². The predicted molar refractivity (Wildman–Crippen MR) is 224 cm³/mol. The summed E-state index contributed by atoms with van der Waals surface area (Å²) in [6.07, 6.45) is 0. The topological polar surface area (TPSA) is 62.4 Å². The molecule has 3 heterocycles. The van der Waals surface area contributed by atoms with E-state index in [2.05, 4.69) is 159 Å². The molecule has 0 bridgehead atoms. The number of hydrogen-bond acceptors (Lipinski definition) is 2. The zero-order valence-electron chi connectivity index (χ0n) is 29.5. The van der Waals surface area contributed by atoms with Gasteiger partial charge in [0.1, 0.15) is 0 Å². The van der Waals surface area contributed by atoms with Gasteiger partial charge in [0, 0.05) is 60.5 Å². The zero-order valence-corrected chi connectivity index (χ0v) is 29.5. The molecule has 0 saturated heterocycles. The van der Waals surface area contributed by atoms with Crippen LogP contribution in [0.15, 0.2) is 176 Å². The van der Waals surface area contributed by atoms with E-state index >= 15 is 0 Å². The summed E-state index contributed by atoms with van der Waals surface area (Å²) in [6, 6.07) is 65.7. The first kappa shape index (κ1) is 30.7. The quantitative estimate of drug-likeness (QED) is 0.184. The summed E-state index contributed by atoms with van der Waals surface area (Å²) in [5.41, 5.74) is 11.9. The van der Waals surface area contributed by atoms with E-state index < -0.39 is 0 Å². The van der Waals surface area contributed by atoms with Crippen LogP contribution in [0, 0.1) is 22.7 Å². The minimum atomic E-state index is 0.504. The Kier molecular flexibility index (Phi) is 6.61. The zero-order chi connectivity index (χ0) is 36.6. The molecule has 5 heteroatoms. The highest BCUT2D eigenvalue weighted by atomic mass is 15.0.